The number of aromatic nitrogens is 4. The summed E-state index contributed by atoms with van der Waals surface area (Å²) in [6.07, 6.45) is 7.47. The lowest BCUT2D eigenvalue weighted by molar-refractivity contribution is -0.0395. The van der Waals surface area contributed by atoms with Crippen LogP contribution < -0.4 is 5.56 Å². The molecule has 1 saturated heterocycles. The molecule has 0 radical (unpaired) electrons. The SMILES string of the molecule is Cc1cncc(-c2ccc(Cc3cc4c(=O)n([C@H]5CCOC[C@@H]5O)cnc4c4ncccc34)cc2)c1. The highest BCUT2D eigenvalue weighted by Crippen LogP contribution is 2.28. The van der Waals surface area contributed by atoms with Crippen LogP contribution in [-0.4, -0.2) is 43.9 Å². The molecule has 1 fully saturated rings. The number of aliphatic hydroxyl groups is 1. The number of fused-ring (bicyclic) bond motifs is 3. The molecule has 0 bridgehead atoms. The molecule has 0 unspecified atom stereocenters. The maximum atomic E-state index is 13.6. The van der Waals surface area contributed by atoms with Crippen molar-refractivity contribution in [2.24, 2.45) is 0 Å². The molecule has 1 aliphatic rings. The first-order chi connectivity index (χ1) is 17.6. The van der Waals surface area contributed by atoms with Gasteiger partial charge in [-0.3, -0.25) is 19.3 Å². The van der Waals surface area contributed by atoms with Crippen LogP contribution in [0.15, 0.2) is 78.2 Å². The highest BCUT2D eigenvalue weighted by molar-refractivity contribution is 6.04. The van der Waals surface area contributed by atoms with Gasteiger partial charge in [-0.2, -0.15) is 0 Å². The summed E-state index contributed by atoms with van der Waals surface area (Å²) in [5.41, 5.74) is 6.60. The predicted molar refractivity (Wildman–Crippen MR) is 139 cm³/mol. The normalized spacial score (nSPS) is 18.1. The van der Waals surface area contributed by atoms with E-state index >= 15 is 0 Å². The van der Waals surface area contributed by atoms with Gasteiger partial charge in [0.05, 0.1) is 36.0 Å². The van der Waals surface area contributed by atoms with Gasteiger partial charge in [0.1, 0.15) is 5.52 Å². The molecular formula is C29H26N4O3. The van der Waals surface area contributed by atoms with Gasteiger partial charge in [0.15, 0.2) is 0 Å². The smallest absolute Gasteiger partial charge is 0.261 e. The largest absolute Gasteiger partial charge is 0.389 e. The molecule has 1 N–H and O–H groups in total. The molecule has 7 heteroatoms. The van der Waals surface area contributed by atoms with Crippen molar-refractivity contribution in [1.29, 1.82) is 0 Å². The molecule has 0 saturated carbocycles. The molecule has 6 rings (SSSR count). The minimum Gasteiger partial charge on any atom is -0.389 e. The van der Waals surface area contributed by atoms with E-state index in [0.29, 0.717) is 35.9 Å². The van der Waals surface area contributed by atoms with Crippen LogP contribution in [0.5, 0.6) is 0 Å². The summed E-state index contributed by atoms with van der Waals surface area (Å²) in [5.74, 6) is 0. The van der Waals surface area contributed by atoms with Gasteiger partial charge < -0.3 is 9.84 Å². The fourth-order valence-electron chi connectivity index (χ4n) is 5.07. The van der Waals surface area contributed by atoms with Gasteiger partial charge in [-0.1, -0.05) is 30.3 Å². The molecule has 2 atom stereocenters. The lowest BCUT2D eigenvalue weighted by Crippen LogP contribution is -2.39. The van der Waals surface area contributed by atoms with E-state index in [4.69, 9.17) is 4.74 Å². The Morgan fingerprint density at radius 2 is 1.86 bits per heavy atom. The van der Waals surface area contributed by atoms with Crippen molar-refractivity contribution in [3.05, 3.63) is 100 Å². The highest BCUT2D eigenvalue weighted by Gasteiger charge is 2.27. The van der Waals surface area contributed by atoms with E-state index in [1.807, 2.05) is 37.5 Å². The number of pyridine rings is 2. The van der Waals surface area contributed by atoms with Gasteiger partial charge in [-0.25, -0.2) is 4.98 Å². The zero-order valence-electron chi connectivity index (χ0n) is 20.0. The van der Waals surface area contributed by atoms with E-state index in [2.05, 4.69) is 45.3 Å². The Kier molecular flexibility index (Phi) is 5.79. The van der Waals surface area contributed by atoms with Crippen LogP contribution in [0.1, 0.15) is 29.2 Å². The zero-order chi connectivity index (χ0) is 24.6. The number of benzene rings is 2. The van der Waals surface area contributed by atoms with E-state index in [0.717, 1.165) is 33.2 Å². The first kappa shape index (κ1) is 22.5. The van der Waals surface area contributed by atoms with Crippen molar-refractivity contribution in [3.63, 3.8) is 0 Å². The van der Waals surface area contributed by atoms with Crippen LogP contribution in [0.3, 0.4) is 0 Å². The molecular weight excluding hydrogens is 452 g/mol. The molecule has 5 aromatic rings. The molecule has 4 heterocycles. The van der Waals surface area contributed by atoms with Crippen molar-refractivity contribution in [2.75, 3.05) is 13.2 Å². The van der Waals surface area contributed by atoms with Crippen molar-refractivity contribution < 1.29 is 9.84 Å². The van der Waals surface area contributed by atoms with Crippen molar-refractivity contribution in [2.45, 2.75) is 31.9 Å². The average Bonchev–Trinajstić information content (AvgIpc) is 2.90. The Hall–Kier alpha value is -3.94. The topological polar surface area (TPSA) is 90.1 Å². The fourth-order valence-corrected chi connectivity index (χ4v) is 5.07. The molecule has 1 aliphatic heterocycles. The summed E-state index contributed by atoms with van der Waals surface area (Å²) < 4.78 is 6.90. The van der Waals surface area contributed by atoms with Crippen LogP contribution in [0, 0.1) is 6.92 Å². The Morgan fingerprint density at radius 3 is 2.67 bits per heavy atom. The van der Waals surface area contributed by atoms with Crippen molar-refractivity contribution in [1.82, 2.24) is 19.5 Å². The van der Waals surface area contributed by atoms with Crippen LogP contribution in [-0.2, 0) is 11.2 Å². The van der Waals surface area contributed by atoms with Gasteiger partial charge in [-0.05, 0) is 60.2 Å². The molecule has 180 valence electrons. The van der Waals surface area contributed by atoms with E-state index in [1.165, 1.54) is 6.33 Å². The summed E-state index contributed by atoms with van der Waals surface area (Å²) >= 11 is 0. The second-order valence-corrected chi connectivity index (χ2v) is 9.41. The van der Waals surface area contributed by atoms with E-state index in [9.17, 15) is 9.90 Å². The maximum Gasteiger partial charge on any atom is 0.261 e. The zero-order valence-corrected chi connectivity index (χ0v) is 20.0. The maximum absolute atomic E-state index is 13.6. The fraction of sp³-hybridized carbons (Fsp3) is 0.241. The van der Waals surface area contributed by atoms with Crippen LogP contribution >= 0.6 is 0 Å². The summed E-state index contributed by atoms with van der Waals surface area (Å²) in [4.78, 5) is 27.1. The average molecular weight is 479 g/mol. The number of ether oxygens (including phenoxy) is 1. The second-order valence-electron chi connectivity index (χ2n) is 9.41. The van der Waals surface area contributed by atoms with Crippen LogP contribution in [0.2, 0.25) is 0 Å². The van der Waals surface area contributed by atoms with Gasteiger partial charge in [0.2, 0.25) is 0 Å². The quantitative estimate of drug-likeness (QED) is 0.389. The Morgan fingerprint density at radius 1 is 1.03 bits per heavy atom. The minimum atomic E-state index is -0.740. The Balaban J connectivity index is 1.42. The first-order valence-corrected chi connectivity index (χ1v) is 12.1. The van der Waals surface area contributed by atoms with Crippen molar-refractivity contribution in [3.8, 4) is 11.1 Å². The number of nitrogens with zero attached hydrogens (tertiary/aromatic N) is 4. The van der Waals surface area contributed by atoms with Crippen molar-refractivity contribution >= 4 is 21.8 Å². The lowest BCUT2D eigenvalue weighted by atomic mass is 9.96. The monoisotopic (exact) mass is 478 g/mol. The standard InChI is InChI=1S/C29H26N4O3/c1-18-11-22(15-30-14-18)20-6-4-19(5-7-20)12-21-13-24-28(27-23(21)3-2-9-31-27)32-17-33(29(24)35)25-8-10-36-16-26(25)34/h2-7,9,11,13-15,17,25-26,34H,8,10,12,16H2,1H3/t25-,26-/m0/s1. The summed E-state index contributed by atoms with van der Waals surface area (Å²) in [5, 5.41) is 11.9. The molecule has 0 spiro atoms. The van der Waals surface area contributed by atoms with Gasteiger partial charge in [0.25, 0.3) is 5.56 Å². The molecule has 36 heavy (non-hydrogen) atoms. The predicted octanol–water partition coefficient (Wildman–Crippen LogP) is 4.23. The third kappa shape index (κ3) is 4.06. The van der Waals surface area contributed by atoms with E-state index in [-0.39, 0.29) is 18.2 Å². The van der Waals surface area contributed by atoms with Crippen LogP contribution in [0.25, 0.3) is 32.9 Å². The first-order valence-electron chi connectivity index (χ1n) is 12.1. The van der Waals surface area contributed by atoms with Gasteiger partial charge in [0, 0.05) is 36.1 Å². The lowest BCUT2D eigenvalue weighted by Gasteiger charge is -2.29. The molecule has 7 nitrogen and oxygen atoms in total. The Labute approximate surface area is 208 Å². The highest BCUT2D eigenvalue weighted by atomic mass is 16.5. The summed E-state index contributed by atoms with van der Waals surface area (Å²) in [6.45, 7) is 2.76. The summed E-state index contributed by atoms with van der Waals surface area (Å²) in [6, 6.07) is 16.1. The minimum absolute atomic E-state index is 0.165. The molecule has 0 aliphatic carbocycles. The number of hydrogen-bond donors (Lipinski definition) is 1. The number of aliphatic hydroxyl groups excluding tert-OH is 1. The molecule has 2 aromatic carbocycles. The number of rotatable bonds is 4. The summed E-state index contributed by atoms with van der Waals surface area (Å²) in [7, 11) is 0. The van der Waals surface area contributed by atoms with Gasteiger partial charge >= 0.3 is 0 Å². The third-order valence-electron chi connectivity index (χ3n) is 6.93. The Bertz CT molecular complexity index is 1630. The van der Waals surface area contributed by atoms with E-state index < -0.39 is 6.10 Å². The number of hydrogen-bond acceptors (Lipinski definition) is 6. The molecule has 3 aromatic heterocycles. The molecule has 0 amide bonds. The van der Waals surface area contributed by atoms with Gasteiger partial charge in [-0.15, -0.1) is 0 Å². The van der Waals surface area contributed by atoms with E-state index in [1.54, 1.807) is 10.8 Å². The third-order valence-corrected chi connectivity index (χ3v) is 6.93. The number of aryl methyl sites for hydroxylation is 1. The van der Waals surface area contributed by atoms with Crippen LogP contribution in [0.4, 0.5) is 0 Å². The second kappa shape index (κ2) is 9.26.